The summed E-state index contributed by atoms with van der Waals surface area (Å²) in [5, 5.41) is 0. The van der Waals surface area contributed by atoms with Crippen LogP contribution in [0.1, 0.15) is 53.0 Å². The van der Waals surface area contributed by atoms with E-state index >= 15 is 0 Å². The number of rotatable bonds is 6. The Morgan fingerprint density at radius 1 is 1.30 bits per heavy atom. The van der Waals surface area contributed by atoms with Crippen LogP contribution in [0, 0.1) is 0 Å². The summed E-state index contributed by atoms with van der Waals surface area (Å²) < 4.78 is 38.1. The third-order valence-corrected chi connectivity index (χ3v) is 4.66. The lowest BCUT2D eigenvalue weighted by molar-refractivity contribution is 0.211. The van der Waals surface area contributed by atoms with Gasteiger partial charge >= 0.3 is 0 Å². The molecule has 0 aromatic heterocycles. The van der Waals surface area contributed by atoms with Crippen molar-refractivity contribution in [2.45, 2.75) is 63.9 Å². The van der Waals surface area contributed by atoms with E-state index in [0.29, 0.717) is 0 Å². The minimum absolute atomic E-state index is 0.111. The Labute approximate surface area is 121 Å². The molecule has 0 saturated heterocycles. The van der Waals surface area contributed by atoms with Gasteiger partial charge in [0, 0.05) is 0 Å². The SMILES string of the molecule is CCC(C)Oc1ccc(C(C)(C)CC)cc1S(=O)(=O)O. The maximum absolute atomic E-state index is 11.6. The Hall–Kier alpha value is -1.07. The summed E-state index contributed by atoms with van der Waals surface area (Å²) in [7, 11) is -4.30. The van der Waals surface area contributed by atoms with Crippen molar-refractivity contribution in [2.75, 3.05) is 0 Å². The maximum atomic E-state index is 11.6. The van der Waals surface area contributed by atoms with Gasteiger partial charge in [0.25, 0.3) is 10.1 Å². The van der Waals surface area contributed by atoms with Crippen LogP contribution in [0.25, 0.3) is 0 Å². The van der Waals surface area contributed by atoms with Crippen LogP contribution in [0.3, 0.4) is 0 Å². The van der Waals surface area contributed by atoms with Gasteiger partial charge in [0.2, 0.25) is 0 Å². The molecule has 0 amide bonds. The van der Waals surface area contributed by atoms with Crippen LogP contribution in [0.15, 0.2) is 23.1 Å². The van der Waals surface area contributed by atoms with Crippen molar-refractivity contribution in [3.63, 3.8) is 0 Å². The number of ether oxygens (including phenoxy) is 1. The molecular formula is C15H24O4S. The molecule has 0 saturated carbocycles. The van der Waals surface area contributed by atoms with Gasteiger partial charge in [0.05, 0.1) is 6.10 Å². The zero-order valence-electron chi connectivity index (χ0n) is 12.8. The number of hydrogen-bond donors (Lipinski definition) is 1. The fraction of sp³-hybridized carbons (Fsp3) is 0.600. The highest BCUT2D eigenvalue weighted by atomic mass is 32.2. The second kappa shape index (κ2) is 6.14. The summed E-state index contributed by atoms with van der Waals surface area (Å²) in [5.41, 5.74) is 0.707. The van der Waals surface area contributed by atoms with Gasteiger partial charge < -0.3 is 4.74 Å². The highest BCUT2D eigenvalue weighted by molar-refractivity contribution is 7.86. The normalized spacial score (nSPS) is 14.1. The van der Waals surface area contributed by atoms with Crippen LogP contribution in [-0.4, -0.2) is 19.1 Å². The molecule has 1 aromatic carbocycles. The van der Waals surface area contributed by atoms with Crippen LogP contribution in [0.2, 0.25) is 0 Å². The predicted molar refractivity (Wildman–Crippen MR) is 80.0 cm³/mol. The van der Waals surface area contributed by atoms with E-state index in [0.717, 1.165) is 18.4 Å². The first kappa shape index (κ1) is 17.0. The van der Waals surface area contributed by atoms with E-state index in [1.54, 1.807) is 6.07 Å². The van der Waals surface area contributed by atoms with E-state index in [1.165, 1.54) is 6.07 Å². The largest absolute Gasteiger partial charge is 0.489 e. The van der Waals surface area contributed by atoms with Gasteiger partial charge in [-0.3, -0.25) is 4.55 Å². The molecule has 0 aliphatic heterocycles. The lowest BCUT2D eigenvalue weighted by Crippen LogP contribution is -2.18. The lowest BCUT2D eigenvalue weighted by Gasteiger charge is -2.25. The topological polar surface area (TPSA) is 63.6 Å². The van der Waals surface area contributed by atoms with Crippen LogP contribution >= 0.6 is 0 Å². The van der Waals surface area contributed by atoms with E-state index in [4.69, 9.17) is 4.74 Å². The number of benzene rings is 1. The highest BCUT2D eigenvalue weighted by Gasteiger charge is 2.24. The third kappa shape index (κ3) is 3.96. The zero-order chi connectivity index (χ0) is 15.6. The van der Waals surface area contributed by atoms with Crippen LogP contribution in [0.5, 0.6) is 5.75 Å². The molecule has 4 nitrogen and oxygen atoms in total. The molecule has 5 heteroatoms. The molecule has 1 N–H and O–H groups in total. The standard InChI is InChI=1S/C15H24O4S/c1-6-11(3)19-13-9-8-12(15(4,5)7-2)10-14(13)20(16,17)18/h8-11H,6-7H2,1-5H3,(H,16,17,18). The van der Waals surface area contributed by atoms with Gasteiger partial charge in [-0.2, -0.15) is 8.42 Å². The van der Waals surface area contributed by atoms with E-state index in [9.17, 15) is 13.0 Å². The quantitative estimate of drug-likeness (QED) is 0.812. The molecule has 1 rings (SSSR count). The Bertz CT molecular complexity index is 561. The van der Waals surface area contributed by atoms with E-state index < -0.39 is 10.1 Å². The summed E-state index contributed by atoms with van der Waals surface area (Å²) in [6.07, 6.45) is 1.51. The molecule has 0 aliphatic rings. The van der Waals surface area contributed by atoms with Crippen LogP contribution in [0.4, 0.5) is 0 Å². The van der Waals surface area contributed by atoms with Gasteiger partial charge in [0.15, 0.2) is 0 Å². The monoisotopic (exact) mass is 300 g/mol. The Morgan fingerprint density at radius 2 is 1.90 bits per heavy atom. The minimum atomic E-state index is -4.30. The fourth-order valence-corrected chi connectivity index (χ4v) is 2.38. The fourth-order valence-electron chi connectivity index (χ4n) is 1.73. The summed E-state index contributed by atoms with van der Waals surface area (Å²) >= 11 is 0. The molecule has 0 spiro atoms. The highest BCUT2D eigenvalue weighted by Crippen LogP contribution is 2.33. The summed E-state index contributed by atoms with van der Waals surface area (Å²) in [6, 6.07) is 4.99. The van der Waals surface area contributed by atoms with Crippen molar-refractivity contribution in [3.05, 3.63) is 23.8 Å². The summed E-state index contributed by atoms with van der Waals surface area (Å²) in [5.74, 6) is 0.206. The Morgan fingerprint density at radius 3 is 2.35 bits per heavy atom. The molecule has 0 fully saturated rings. The molecule has 1 atom stereocenters. The second-order valence-corrected chi connectivity index (χ2v) is 7.10. The minimum Gasteiger partial charge on any atom is -0.489 e. The van der Waals surface area contributed by atoms with Gasteiger partial charge in [-0.15, -0.1) is 0 Å². The first-order valence-corrected chi connectivity index (χ1v) is 8.34. The predicted octanol–water partition coefficient (Wildman–Crippen LogP) is 3.80. The average molecular weight is 300 g/mol. The molecule has 0 radical (unpaired) electrons. The van der Waals surface area contributed by atoms with E-state index in [-0.39, 0.29) is 22.2 Å². The second-order valence-electron chi connectivity index (χ2n) is 5.71. The molecule has 1 unspecified atom stereocenters. The van der Waals surface area contributed by atoms with Gasteiger partial charge in [-0.1, -0.05) is 33.8 Å². The van der Waals surface area contributed by atoms with Gasteiger partial charge in [0.1, 0.15) is 10.6 Å². The van der Waals surface area contributed by atoms with Crippen molar-refractivity contribution in [1.29, 1.82) is 0 Å². The first-order valence-electron chi connectivity index (χ1n) is 6.90. The van der Waals surface area contributed by atoms with Crippen LogP contribution < -0.4 is 4.74 Å². The van der Waals surface area contributed by atoms with Gasteiger partial charge in [-0.05, 0) is 42.9 Å². The first-order chi connectivity index (χ1) is 9.11. The summed E-state index contributed by atoms with van der Waals surface area (Å²) in [4.78, 5) is -0.156. The maximum Gasteiger partial charge on any atom is 0.298 e. The Kier molecular flexibility index (Phi) is 5.21. The molecule has 0 aliphatic carbocycles. The number of hydrogen-bond acceptors (Lipinski definition) is 3. The lowest BCUT2D eigenvalue weighted by atomic mass is 9.82. The van der Waals surface area contributed by atoms with Crippen molar-refractivity contribution >= 4 is 10.1 Å². The molecular weight excluding hydrogens is 276 g/mol. The molecule has 20 heavy (non-hydrogen) atoms. The van der Waals surface area contributed by atoms with Crippen LogP contribution in [-0.2, 0) is 15.5 Å². The molecule has 0 heterocycles. The van der Waals surface area contributed by atoms with Gasteiger partial charge in [-0.25, -0.2) is 0 Å². The molecule has 114 valence electrons. The average Bonchev–Trinajstić information content (AvgIpc) is 2.37. The van der Waals surface area contributed by atoms with E-state index in [2.05, 4.69) is 0 Å². The zero-order valence-corrected chi connectivity index (χ0v) is 13.6. The van der Waals surface area contributed by atoms with Crippen molar-refractivity contribution in [1.82, 2.24) is 0 Å². The third-order valence-electron chi connectivity index (χ3n) is 3.79. The van der Waals surface area contributed by atoms with Crippen molar-refractivity contribution in [2.24, 2.45) is 0 Å². The Balaban J connectivity index is 3.35. The van der Waals surface area contributed by atoms with Crippen molar-refractivity contribution in [3.8, 4) is 5.75 Å². The van der Waals surface area contributed by atoms with Crippen molar-refractivity contribution < 1.29 is 17.7 Å². The molecule has 1 aromatic rings. The van der Waals surface area contributed by atoms with E-state index in [1.807, 2.05) is 40.7 Å². The summed E-state index contributed by atoms with van der Waals surface area (Å²) in [6.45, 7) is 9.91. The molecule has 0 bridgehead atoms. The smallest absolute Gasteiger partial charge is 0.298 e.